The van der Waals surface area contributed by atoms with E-state index in [1.165, 1.54) is 51.4 Å². The molecule has 2 aliphatic carbocycles. The first kappa shape index (κ1) is 15.9. The third-order valence-electron chi connectivity index (χ3n) is 6.40. The summed E-state index contributed by atoms with van der Waals surface area (Å²) in [6.07, 6.45) is 11.6. The highest BCUT2D eigenvalue weighted by molar-refractivity contribution is 9.09. The zero-order valence-electron chi connectivity index (χ0n) is 13.4. The van der Waals surface area contributed by atoms with Crippen LogP contribution in [0.1, 0.15) is 79.1 Å². The minimum absolute atomic E-state index is 0.530. The number of hydrogen-bond acceptors (Lipinski definition) is 0. The fourth-order valence-corrected chi connectivity index (χ4v) is 6.37. The average molecular weight is 329 g/mol. The molecule has 0 aromatic heterocycles. The zero-order chi connectivity index (χ0) is 14.0. The van der Waals surface area contributed by atoms with Crippen LogP contribution in [0.3, 0.4) is 0 Å². The predicted octanol–water partition coefficient (Wildman–Crippen LogP) is 6.43. The average Bonchev–Trinajstić information content (AvgIpc) is 2.38. The largest absolute Gasteiger partial charge is 0.0887 e. The lowest BCUT2D eigenvalue weighted by atomic mass is 9.59. The van der Waals surface area contributed by atoms with E-state index in [-0.39, 0.29) is 0 Å². The van der Waals surface area contributed by atoms with Crippen LogP contribution in [0.25, 0.3) is 0 Å². The summed E-state index contributed by atoms with van der Waals surface area (Å²) in [6, 6.07) is 0. The molecule has 0 saturated heterocycles. The summed E-state index contributed by atoms with van der Waals surface area (Å²) in [4.78, 5) is 0.758. The van der Waals surface area contributed by atoms with Gasteiger partial charge in [-0.3, -0.25) is 0 Å². The molecular formula is C18H33Br. The van der Waals surface area contributed by atoms with Crippen molar-refractivity contribution >= 4 is 15.9 Å². The molecule has 19 heavy (non-hydrogen) atoms. The van der Waals surface area contributed by atoms with E-state index in [2.05, 4.69) is 43.6 Å². The topological polar surface area (TPSA) is 0 Å². The molecule has 2 fully saturated rings. The summed E-state index contributed by atoms with van der Waals surface area (Å²) in [5.41, 5.74) is 0.530. The van der Waals surface area contributed by atoms with Gasteiger partial charge in [-0.2, -0.15) is 0 Å². The van der Waals surface area contributed by atoms with Crippen molar-refractivity contribution in [2.24, 2.45) is 29.1 Å². The lowest BCUT2D eigenvalue weighted by Crippen LogP contribution is -2.42. The molecule has 0 spiro atoms. The normalized spacial score (nSPS) is 41.2. The van der Waals surface area contributed by atoms with Gasteiger partial charge in [0.2, 0.25) is 0 Å². The first-order valence-corrected chi connectivity index (χ1v) is 9.50. The van der Waals surface area contributed by atoms with Crippen LogP contribution in [0.2, 0.25) is 0 Å². The molecule has 0 aliphatic heterocycles. The standard InChI is InChI=1S/C18H33Br/c1-5-14-7-6-8-15(12-14)18(3,4)16-10-9-13(2)11-17(16)19/h13-17H,5-12H2,1-4H3. The second kappa shape index (κ2) is 6.50. The Hall–Kier alpha value is 0.480. The van der Waals surface area contributed by atoms with Gasteiger partial charge in [0.1, 0.15) is 0 Å². The Morgan fingerprint density at radius 2 is 1.79 bits per heavy atom. The number of halogens is 1. The quantitative estimate of drug-likeness (QED) is 0.523. The van der Waals surface area contributed by atoms with Gasteiger partial charge in [-0.15, -0.1) is 0 Å². The van der Waals surface area contributed by atoms with E-state index in [9.17, 15) is 0 Å². The van der Waals surface area contributed by atoms with E-state index in [0.717, 1.165) is 28.5 Å². The molecular weight excluding hydrogens is 296 g/mol. The maximum atomic E-state index is 4.03. The van der Waals surface area contributed by atoms with Crippen molar-refractivity contribution in [1.82, 2.24) is 0 Å². The molecule has 2 saturated carbocycles. The smallest absolute Gasteiger partial charge is 0.0181 e. The number of alkyl halides is 1. The highest BCUT2D eigenvalue weighted by atomic mass is 79.9. The second-order valence-corrected chi connectivity index (χ2v) is 9.18. The van der Waals surface area contributed by atoms with Crippen molar-refractivity contribution in [3.63, 3.8) is 0 Å². The molecule has 2 aliphatic rings. The van der Waals surface area contributed by atoms with Gasteiger partial charge >= 0.3 is 0 Å². The maximum Gasteiger partial charge on any atom is 0.0181 e. The summed E-state index contributed by atoms with van der Waals surface area (Å²) in [7, 11) is 0. The molecule has 0 amide bonds. The van der Waals surface area contributed by atoms with Gasteiger partial charge in [0.05, 0.1) is 0 Å². The van der Waals surface area contributed by atoms with Crippen LogP contribution in [-0.2, 0) is 0 Å². The lowest BCUT2D eigenvalue weighted by molar-refractivity contribution is 0.0404. The monoisotopic (exact) mass is 328 g/mol. The minimum Gasteiger partial charge on any atom is -0.0887 e. The van der Waals surface area contributed by atoms with Gasteiger partial charge in [-0.1, -0.05) is 69.3 Å². The fourth-order valence-electron chi connectivity index (χ4n) is 4.79. The summed E-state index contributed by atoms with van der Waals surface area (Å²) in [6.45, 7) is 9.95. The third-order valence-corrected chi connectivity index (χ3v) is 7.41. The van der Waals surface area contributed by atoms with E-state index in [1.54, 1.807) is 0 Å². The molecule has 0 radical (unpaired) electrons. The van der Waals surface area contributed by atoms with Crippen LogP contribution in [0.15, 0.2) is 0 Å². The Balaban J connectivity index is 2.03. The van der Waals surface area contributed by atoms with Crippen molar-refractivity contribution in [3.8, 4) is 0 Å². The number of hydrogen-bond donors (Lipinski definition) is 0. The van der Waals surface area contributed by atoms with E-state index in [1.807, 2.05) is 0 Å². The predicted molar refractivity (Wildman–Crippen MR) is 88.7 cm³/mol. The Morgan fingerprint density at radius 1 is 1.05 bits per heavy atom. The third kappa shape index (κ3) is 3.57. The summed E-state index contributed by atoms with van der Waals surface area (Å²) in [5.74, 6) is 3.79. The highest BCUT2D eigenvalue weighted by Gasteiger charge is 2.43. The van der Waals surface area contributed by atoms with Crippen LogP contribution in [0.4, 0.5) is 0 Å². The Bertz CT molecular complexity index is 283. The van der Waals surface area contributed by atoms with Crippen LogP contribution < -0.4 is 0 Å². The molecule has 5 unspecified atom stereocenters. The van der Waals surface area contributed by atoms with Gasteiger partial charge in [-0.05, 0) is 54.8 Å². The summed E-state index contributed by atoms with van der Waals surface area (Å²) in [5, 5.41) is 0. The molecule has 0 N–H and O–H groups in total. The molecule has 5 atom stereocenters. The van der Waals surface area contributed by atoms with Gasteiger partial charge in [0.25, 0.3) is 0 Å². The summed E-state index contributed by atoms with van der Waals surface area (Å²) < 4.78 is 0. The van der Waals surface area contributed by atoms with Crippen LogP contribution in [0, 0.1) is 29.1 Å². The molecule has 0 nitrogen and oxygen atoms in total. The molecule has 0 bridgehead atoms. The van der Waals surface area contributed by atoms with Gasteiger partial charge < -0.3 is 0 Å². The van der Waals surface area contributed by atoms with Gasteiger partial charge in [0.15, 0.2) is 0 Å². The first-order valence-electron chi connectivity index (χ1n) is 8.59. The van der Waals surface area contributed by atoms with Crippen molar-refractivity contribution in [2.75, 3.05) is 0 Å². The first-order chi connectivity index (χ1) is 8.95. The van der Waals surface area contributed by atoms with Gasteiger partial charge in [-0.25, -0.2) is 0 Å². The minimum atomic E-state index is 0.530. The lowest BCUT2D eigenvalue weighted by Gasteiger charge is -2.49. The van der Waals surface area contributed by atoms with E-state index in [0.29, 0.717) is 5.41 Å². The van der Waals surface area contributed by atoms with Crippen LogP contribution in [-0.4, -0.2) is 4.83 Å². The Labute approximate surface area is 129 Å². The van der Waals surface area contributed by atoms with Crippen molar-refractivity contribution in [2.45, 2.75) is 83.9 Å². The molecule has 112 valence electrons. The SMILES string of the molecule is CCC1CCCC(C(C)(C)C2CCC(C)CC2Br)C1. The van der Waals surface area contributed by atoms with E-state index in [4.69, 9.17) is 0 Å². The molecule has 1 heteroatoms. The molecule has 0 aromatic rings. The van der Waals surface area contributed by atoms with Gasteiger partial charge in [0, 0.05) is 4.83 Å². The van der Waals surface area contributed by atoms with Crippen LogP contribution >= 0.6 is 15.9 Å². The fraction of sp³-hybridized carbons (Fsp3) is 1.00. The number of rotatable bonds is 3. The summed E-state index contributed by atoms with van der Waals surface area (Å²) >= 11 is 4.03. The molecule has 0 aromatic carbocycles. The van der Waals surface area contributed by atoms with Crippen molar-refractivity contribution in [1.29, 1.82) is 0 Å². The Kier molecular flexibility index (Phi) is 5.42. The van der Waals surface area contributed by atoms with Crippen molar-refractivity contribution in [3.05, 3.63) is 0 Å². The molecule has 2 rings (SSSR count). The van der Waals surface area contributed by atoms with E-state index >= 15 is 0 Å². The highest BCUT2D eigenvalue weighted by Crippen LogP contribution is 2.51. The van der Waals surface area contributed by atoms with E-state index < -0.39 is 0 Å². The second-order valence-electron chi connectivity index (χ2n) is 8.00. The Morgan fingerprint density at radius 3 is 2.42 bits per heavy atom. The molecule has 0 heterocycles. The van der Waals surface area contributed by atoms with Crippen molar-refractivity contribution < 1.29 is 0 Å². The van der Waals surface area contributed by atoms with Crippen LogP contribution in [0.5, 0.6) is 0 Å². The maximum absolute atomic E-state index is 4.03. The zero-order valence-corrected chi connectivity index (χ0v) is 15.0.